The Kier molecular flexibility index (Phi) is 4.84. The van der Waals surface area contributed by atoms with Gasteiger partial charge < -0.3 is 11.1 Å². The first kappa shape index (κ1) is 12.9. The van der Waals surface area contributed by atoms with Crippen LogP contribution in [0.1, 0.15) is 64.2 Å². The maximum atomic E-state index is 11.8. The Morgan fingerprint density at radius 1 is 1.06 bits per heavy atom. The third-order valence-electron chi connectivity index (χ3n) is 4.39. The van der Waals surface area contributed by atoms with E-state index >= 15 is 0 Å². The second-order valence-corrected chi connectivity index (χ2v) is 5.87. The maximum absolute atomic E-state index is 11.8. The molecule has 0 bridgehead atoms. The van der Waals surface area contributed by atoms with Gasteiger partial charge in [-0.1, -0.05) is 12.8 Å². The molecule has 0 unspecified atom stereocenters. The van der Waals surface area contributed by atoms with E-state index in [4.69, 9.17) is 5.73 Å². The Morgan fingerprint density at radius 2 is 1.71 bits per heavy atom. The molecular formula is C14H26N2O. The van der Waals surface area contributed by atoms with E-state index in [0.29, 0.717) is 12.1 Å². The lowest BCUT2D eigenvalue weighted by Gasteiger charge is -2.25. The molecule has 2 aliphatic carbocycles. The molecule has 0 spiro atoms. The molecule has 0 aromatic heterocycles. The van der Waals surface area contributed by atoms with E-state index < -0.39 is 0 Å². The Labute approximate surface area is 105 Å². The van der Waals surface area contributed by atoms with Gasteiger partial charge in [0.2, 0.25) is 5.91 Å². The molecule has 3 nitrogen and oxygen atoms in total. The van der Waals surface area contributed by atoms with Crippen molar-refractivity contribution in [2.45, 2.75) is 76.3 Å². The van der Waals surface area contributed by atoms with Crippen molar-refractivity contribution in [1.82, 2.24) is 5.32 Å². The van der Waals surface area contributed by atoms with Gasteiger partial charge in [0.25, 0.3) is 0 Å². The first-order chi connectivity index (χ1) is 8.24. The van der Waals surface area contributed by atoms with Crippen LogP contribution >= 0.6 is 0 Å². The number of carbonyl (C=O) groups excluding carboxylic acids is 1. The maximum Gasteiger partial charge on any atom is 0.220 e. The van der Waals surface area contributed by atoms with Crippen molar-refractivity contribution < 1.29 is 4.79 Å². The lowest BCUT2D eigenvalue weighted by atomic mass is 9.84. The van der Waals surface area contributed by atoms with Crippen molar-refractivity contribution in [1.29, 1.82) is 0 Å². The van der Waals surface area contributed by atoms with Crippen molar-refractivity contribution in [2.24, 2.45) is 11.7 Å². The molecule has 2 saturated carbocycles. The summed E-state index contributed by atoms with van der Waals surface area (Å²) >= 11 is 0. The average Bonchev–Trinajstić information content (AvgIpc) is 2.81. The molecule has 0 saturated heterocycles. The van der Waals surface area contributed by atoms with Crippen LogP contribution in [0.3, 0.4) is 0 Å². The second-order valence-electron chi connectivity index (χ2n) is 5.87. The molecule has 0 aliphatic heterocycles. The van der Waals surface area contributed by atoms with Gasteiger partial charge in [-0.25, -0.2) is 0 Å². The molecule has 2 fully saturated rings. The van der Waals surface area contributed by atoms with E-state index in [2.05, 4.69) is 5.32 Å². The van der Waals surface area contributed by atoms with Gasteiger partial charge in [0.05, 0.1) is 0 Å². The number of amides is 1. The summed E-state index contributed by atoms with van der Waals surface area (Å²) in [6, 6.07) is 0.890. The van der Waals surface area contributed by atoms with Crippen LogP contribution in [0.25, 0.3) is 0 Å². The van der Waals surface area contributed by atoms with Crippen LogP contribution in [-0.2, 0) is 4.79 Å². The lowest BCUT2D eigenvalue weighted by Crippen LogP contribution is -2.33. The van der Waals surface area contributed by atoms with Crippen LogP contribution in [0.4, 0.5) is 0 Å². The van der Waals surface area contributed by atoms with Gasteiger partial charge in [-0.3, -0.25) is 4.79 Å². The monoisotopic (exact) mass is 238 g/mol. The molecule has 17 heavy (non-hydrogen) atoms. The van der Waals surface area contributed by atoms with Gasteiger partial charge in [-0.05, 0) is 50.9 Å². The van der Waals surface area contributed by atoms with E-state index in [0.717, 1.165) is 31.6 Å². The van der Waals surface area contributed by atoms with Crippen molar-refractivity contribution >= 4 is 5.91 Å². The topological polar surface area (TPSA) is 55.1 Å². The minimum Gasteiger partial charge on any atom is -0.353 e. The highest BCUT2D eigenvalue weighted by molar-refractivity contribution is 5.76. The van der Waals surface area contributed by atoms with Gasteiger partial charge in [-0.2, -0.15) is 0 Å². The zero-order valence-corrected chi connectivity index (χ0v) is 10.8. The Balaban J connectivity index is 1.59. The number of hydrogen-bond acceptors (Lipinski definition) is 2. The third-order valence-corrected chi connectivity index (χ3v) is 4.39. The Morgan fingerprint density at radius 3 is 2.35 bits per heavy atom. The van der Waals surface area contributed by atoms with Crippen LogP contribution in [-0.4, -0.2) is 18.0 Å². The van der Waals surface area contributed by atoms with Crippen LogP contribution in [0.5, 0.6) is 0 Å². The quantitative estimate of drug-likeness (QED) is 0.790. The van der Waals surface area contributed by atoms with Crippen molar-refractivity contribution in [2.75, 3.05) is 0 Å². The first-order valence-electron chi connectivity index (χ1n) is 7.29. The fourth-order valence-electron chi connectivity index (χ4n) is 3.18. The van der Waals surface area contributed by atoms with Crippen LogP contribution in [0, 0.1) is 5.92 Å². The predicted molar refractivity (Wildman–Crippen MR) is 69.6 cm³/mol. The SMILES string of the molecule is NC1CCC(CCC(=O)NC2CCCC2)CC1. The fourth-order valence-corrected chi connectivity index (χ4v) is 3.18. The molecule has 3 heteroatoms. The van der Waals surface area contributed by atoms with Gasteiger partial charge >= 0.3 is 0 Å². The molecule has 3 N–H and O–H groups in total. The molecule has 0 atom stereocenters. The van der Waals surface area contributed by atoms with Gasteiger partial charge in [0, 0.05) is 18.5 Å². The molecule has 2 aliphatic rings. The largest absolute Gasteiger partial charge is 0.353 e. The molecule has 0 radical (unpaired) electrons. The van der Waals surface area contributed by atoms with E-state index in [1.165, 1.54) is 38.5 Å². The summed E-state index contributed by atoms with van der Waals surface area (Å²) in [4.78, 5) is 11.8. The molecule has 0 aromatic carbocycles. The van der Waals surface area contributed by atoms with Crippen LogP contribution < -0.4 is 11.1 Å². The average molecular weight is 238 g/mol. The summed E-state index contributed by atoms with van der Waals surface area (Å²) in [5.74, 6) is 1.01. The first-order valence-corrected chi connectivity index (χ1v) is 7.29. The standard InChI is InChI=1S/C14H26N2O/c15-12-8-5-11(6-9-12)7-10-14(17)16-13-3-1-2-4-13/h11-13H,1-10,15H2,(H,16,17). The zero-order chi connectivity index (χ0) is 12.1. The smallest absolute Gasteiger partial charge is 0.220 e. The summed E-state index contributed by atoms with van der Waals surface area (Å²) in [6.07, 6.45) is 11.5. The summed E-state index contributed by atoms with van der Waals surface area (Å²) < 4.78 is 0. The predicted octanol–water partition coefficient (Wildman–Crippen LogP) is 2.34. The summed E-state index contributed by atoms with van der Waals surface area (Å²) in [6.45, 7) is 0. The molecule has 98 valence electrons. The van der Waals surface area contributed by atoms with Gasteiger partial charge in [-0.15, -0.1) is 0 Å². The van der Waals surface area contributed by atoms with E-state index in [9.17, 15) is 4.79 Å². The number of nitrogens with one attached hydrogen (secondary N) is 1. The molecule has 1 amide bonds. The van der Waals surface area contributed by atoms with E-state index in [1.54, 1.807) is 0 Å². The van der Waals surface area contributed by atoms with Crippen LogP contribution in [0.15, 0.2) is 0 Å². The molecule has 2 rings (SSSR count). The number of nitrogens with two attached hydrogens (primary N) is 1. The number of rotatable bonds is 4. The second kappa shape index (κ2) is 6.39. The fraction of sp³-hybridized carbons (Fsp3) is 0.929. The van der Waals surface area contributed by atoms with E-state index in [1.807, 2.05) is 0 Å². The molecule has 0 aromatic rings. The number of carbonyl (C=O) groups is 1. The normalized spacial score (nSPS) is 30.4. The summed E-state index contributed by atoms with van der Waals surface area (Å²) in [7, 11) is 0. The minimum absolute atomic E-state index is 0.270. The van der Waals surface area contributed by atoms with Crippen molar-refractivity contribution in [3.8, 4) is 0 Å². The summed E-state index contributed by atoms with van der Waals surface area (Å²) in [5.41, 5.74) is 5.88. The Bertz CT molecular complexity index is 241. The van der Waals surface area contributed by atoms with E-state index in [-0.39, 0.29) is 5.91 Å². The molecule has 0 heterocycles. The highest BCUT2D eigenvalue weighted by atomic mass is 16.1. The van der Waals surface area contributed by atoms with Crippen molar-refractivity contribution in [3.63, 3.8) is 0 Å². The van der Waals surface area contributed by atoms with Gasteiger partial charge in [0.15, 0.2) is 0 Å². The highest BCUT2D eigenvalue weighted by Crippen LogP contribution is 2.27. The van der Waals surface area contributed by atoms with Crippen LogP contribution in [0.2, 0.25) is 0 Å². The summed E-state index contributed by atoms with van der Waals surface area (Å²) in [5, 5.41) is 3.16. The molecular weight excluding hydrogens is 212 g/mol. The van der Waals surface area contributed by atoms with Crippen molar-refractivity contribution in [3.05, 3.63) is 0 Å². The third kappa shape index (κ3) is 4.30. The lowest BCUT2D eigenvalue weighted by molar-refractivity contribution is -0.122. The minimum atomic E-state index is 0.270. The Hall–Kier alpha value is -0.570. The zero-order valence-electron chi connectivity index (χ0n) is 10.8. The van der Waals surface area contributed by atoms with Gasteiger partial charge in [0.1, 0.15) is 0 Å². The number of hydrogen-bond donors (Lipinski definition) is 2. The highest BCUT2D eigenvalue weighted by Gasteiger charge is 2.21.